The molecule has 3 unspecified atom stereocenters. The Morgan fingerprint density at radius 3 is 2.90 bits per heavy atom. The number of aromatic amines is 1. The van der Waals surface area contributed by atoms with Crippen LogP contribution in [0.15, 0.2) is 42.7 Å². The molecular weight excluding hydrogens is 493 g/mol. The number of anilines is 2. The number of carbonyl (C=O) groups is 1. The van der Waals surface area contributed by atoms with Crippen LogP contribution in [0.4, 0.5) is 15.9 Å². The third-order valence-corrected chi connectivity index (χ3v) is 10.1. The Labute approximate surface area is 228 Å². The highest BCUT2D eigenvalue weighted by Gasteiger charge is 2.58. The fourth-order valence-electron chi connectivity index (χ4n) is 8.35. The molecule has 2 fully saturated rings. The molecule has 0 bridgehead atoms. The van der Waals surface area contributed by atoms with Crippen LogP contribution in [0, 0.1) is 17.7 Å². The number of H-pyrrole nitrogens is 1. The molecule has 3 aromatic rings. The van der Waals surface area contributed by atoms with E-state index in [0.29, 0.717) is 30.0 Å². The number of ether oxygens (including phenoxy) is 1. The molecule has 1 saturated carbocycles. The van der Waals surface area contributed by atoms with Crippen LogP contribution in [0.25, 0.3) is 0 Å². The average molecular weight is 530 g/mol. The number of fused-ring (bicyclic) bond motifs is 7. The first-order valence-corrected chi connectivity index (χ1v) is 14.4. The summed E-state index contributed by atoms with van der Waals surface area (Å²) in [5.41, 5.74) is 6.06. The lowest BCUT2D eigenvalue weighted by Gasteiger charge is -2.50. The fourth-order valence-corrected chi connectivity index (χ4v) is 8.35. The molecule has 7 nitrogen and oxygen atoms in total. The number of carbonyl (C=O) groups excluding carboxylic acids is 1. The van der Waals surface area contributed by atoms with Crippen molar-refractivity contribution in [2.45, 2.75) is 62.7 Å². The van der Waals surface area contributed by atoms with E-state index < -0.39 is 0 Å². The van der Waals surface area contributed by atoms with Crippen LogP contribution in [-0.2, 0) is 21.4 Å². The zero-order chi connectivity index (χ0) is 26.6. The smallest absolute Gasteiger partial charge is 0.225 e. The molecule has 2 aromatic heterocycles. The second kappa shape index (κ2) is 9.73. The Balaban J connectivity index is 1.07. The van der Waals surface area contributed by atoms with Gasteiger partial charge in [0, 0.05) is 31.1 Å². The van der Waals surface area contributed by atoms with Crippen LogP contribution < -0.4 is 10.2 Å². The number of hydrogen-bond acceptors (Lipinski definition) is 5. The molecule has 204 valence electrons. The van der Waals surface area contributed by atoms with Gasteiger partial charge >= 0.3 is 0 Å². The first kappa shape index (κ1) is 24.8. The summed E-state index contributed by atoms with van der Waals surface area (Å²) in [4.78, 5) is 19.8. The number of aromatic nitrogens is 3. The van der Waals surface area contributed by atoms with Crippen molar-refractivity contribution in [3.63, 3.8) is 0 Å². The van der Waals surface area contributed by atoms with Gasteiger partial charge in [-0.05, 0) is 96.7 Å². The lowest BCUT2D eigenvalue weighted by atomic mass is 9.53. The minimum absolute atomic E-state index is 0.00269. The molecule has 39 heavy (non-hydrogen) atoms. The highest BCUT2D eigenvalue weighted by Crippen LogP contribution is 2.64. The van der Waals surface area contributed by atoms with Crippen molar-refractivity contribution in [3.8, 4) is 0 Å². The Morgan fingerprint density at radius 2 is 2.08 bits per heavy atom. The van der Waals surface area contributed by atoms with Gasteiger partial charge in [-0.1, -0.05) is 13.0 Å². The molecule has 3 aliphatic carbocycles. The van der Waals surface area contributed by atoms with Crippen molar-refractivity contribution in [1.29, 1.82) is 0 Å². The summed E-state index contributed by atoms with van der Waals surface area (Å²) < 4.78 is 19.4. The lowest BCUT2D eigenvalue weighted by molar-refractivity contribution is -0.116. The van der Waals surface area contributed by atoms with E-state index in [9.17, 15) is 9.18 Å². The molecule has 8 heteroatoms. The van der Waals surface area contributed by atoms with Crippen LogP contribution in [0.1, 0.15) is 73.2 Å². The number of hydrogen-bond donors (Lipinski definition) is 2. The third-order valence-electron chi connectivity index (χ3n) is 10.1. The van der Waals surface area contributed by atoms with Gasteiger partial charge in [0.1, 0.15) is 11.6 Å². The van der Waals surface area contributed by atoms with E-state index >= 15 is 0 Å². The highest BCUT2D eigenvalue weighted by atomic mass is 19.1. The van der Waals surface area contributed by atoms with Crippen LogP contribution in [0.5, 0.6) is 0 Å². The molecular formula is C31H36FN5O2. The maximum Gasteiger partial charge on any atom is 0.225 e. The standard InChI is InChI=1S/C31H36FN5O2/c1-31-11-10-23-22-6-3-20(32)16-19(22)2-5-24(23)29(31)25(26-18-34-36-30(26)31)7-9-28(38)35-27-8-4-21(17-33-27)37-12-14-39-15-13-37/h3-4,6,8,16-18,23-25,29H,2,5,7,9-15H2,1H3,(H,34,36)(H,33,35,38)/t23?,24?,25-,29?,31+/m1/s1. The number of halogens is 1. The van der Waals surface area contributed by atoms with Crippen molar-refractivity contribution in [3.05, 3.63) is 70.9 Å². The zero-order valence-electron chi connectivity index (χ0n) is 22.5. The quantitative estimate of drug-likeness (QED) is 0.468. The van der Waals surface area contributed by atoms with Crippen molar-refractivity contribution >= 4 is 17.4 Å². The molecule has 1 aromatic carbocycles. The first-order chi connectivity index (χ1) is 19.0. The van der Waals surface area contributed by atoms with Gasteiger partial charge in [-0.3, -0.25) is 9.89 Å². The van der Waals surface area contributed by atoms with E-state index in [2.05, 4.69) is 33.4 Å². The first-order valence-electron chi connectivity index (χ1n) is 14.4. The van der Waals surface area contributed by atoms with Crippen molar-refractivity contribution in [1.82, 2.24) is 15.2 Å². The normalized spacial score (nSPS) is 29.2. The molecule has 1 saturated heterocycles. The van der Waals surface area contributed by atoms with E-state index in [0.717, 1.165) is 64.1 Å². The predicted octanol–water partition coefficient (Wildman–Crippen LogP) is 5.31. The van der Waals surface area contributed by atoms with E-state index in [-0.39, 0.29) is 23.1 Å². The molecule has 1 amide bonds. The summed E-state index contributed by atoms with van der Waals surface area (Å²) in [7, 11) is 0. The largest absolute Gasteiger partial charge is 0.378 e. The molecule has 0 radical (unpaired) electrons. The minimum atomic E-state index is -0.136. The van der Waals surface area contributed by atoms with Crippen molar-refractivity contribution in [2.24, 2.45) is 11.8 Å². The van der Waals surface area contributed by atoms with E-state index in [1.807, 2.05) is 24.4 Å². The third kappa shape index (κ3) is 4.24. The van der Waals surface area contributed by atoms with Gasteiger partial charge in [0.25, 0.3) is 0 Å². The summed E-state index contributed by atoms with van der Waals surface area (Å²) in [6.45, 7) is 5.55. The van der Waals surface area contributed by atoms with Crippen molar-refractivity contribution in [2.75, 3.05) is 36.5 Å². The molecule has 0 spiro atoms. The minimum Gasteiger partial charge on any atom is -0.378 e. The second-order valence-corrected chi connectivity index (χ2v) is 12.0. The summed E-state index contributed by atoms with van der Waals surface area (Å²) in [5.74, 6) is 2.12. The number of amides is 1. The Morgan fingerprint density at radius 1 is 1.21 bits per heavy atom. The van der Waals surface area contributed by atoms with Crippen LogP contribution in [-0.4, -0.2) is 47.4 Å². The van der Waals surface area contributed by atoms with Crippen LogP contribution >= 0.6 is 0 Å². The molecule has 2 N–H and O–H groups in total. The SMILES string of the molecule is C[C@]12CCC3c4ccc(F)cc4CCC3C1[C@H](CCC(=O)Nc1ccc(N3CCOCC3)cn1)c1c[nH]nc12. The molecule has 1 aliphatic heterocycles. The summed E-state index contributed by atoms with van der Waals surface area (Å²) in [5, 5.41) is 10.9. The number of nitrogens with one attached hydrogen (secondary N) is 2. The van der Waals surface area contributed by atoms with Gasteiger partial charge in [0.2, 0.25) is 5.91 Å². The van der Waals surface area contributed by atoms with E-state index in [1.54, 1.807) is 12.1 Å². The number of benzene rings is 1. The number of morpholine rings is 1. The Bertz CT molecular complexity index is 1370. The van der Waals surface area contributed by atoms with Crippen LogP contribution in [0.2, 0.25) is 0 Å². The summed E-state index contributed by atoms with van der Waals surface area (Å²) >= 11 is 0. The van der Waals surface area contributed by atoms with Crippen molar-refractivity contribution < 1.29 is 13.9 Å². The van der Waals surface area contributed by atoms with Gasteiger partial charge in [0.05, 0.1) is 30.8 Å². The average Bonchev–Trinajstić information content (AvgIpc) is 3.53. The Hall–Kier alpha value is -3.26. The molecule has 3 heterocycles. The Kier molecular flexibility index (Phi) is 6.18. The van der Waals surface area contributed by atoms with Gasteiger partial charge in [-0.2, -0.15) is 5.10 Å². The van der Waals surface area contributed by atoms with E-state index in [4.69, 9.17) is 9.84 Å². The molecule has 7 rings (SSSR count). The number of nitrogens with zero attached hydrogens (tertiary/aromatic N) is 3. The predicted molar refractivity (Wildman–Crippen MR) is 147 cm³/mol. The number of pyridine rings is 1. The van der Waals surface area contributed by atoms with Gasteiger partial charge in [0.15, 0.2) is 0 Å². The van der Waals surface area contributed by atoms with Gasteiger partial charge in [-0.15, -0.1) is 0 Å². The maximum atomic E-state index is 14.0. The summed E-state index contributed by atoms with van der Waals surface area (Å²) in [6.07, 6.45) is 9.27. The second-order valence-electron chi connectivity index (χ2n) is 12.0. The van der Waals surface area contributed by atoms with Gasteiger partial charge in [-0.25, -0.2) is 9.37 Å². The fraction of sp³-hybridized carbons (Fsp3) is 0.516. The lowest BCUT2D eigenvalue weighted by Crippen LogP contribution is -2.44. The highest BCUT2D eigenvalue weighted by molar-refractivity contribution is 5.89. The summed E-state index contributed by atoms with van der Waals surface area (Å²) in [6, 6.07) is 9.29. The van der Waals surface area contributed by atoms with Crippen LogP contribution in [0.3, 0.4) is 0 Å². The molecule has 5 atom stereocenters. The number of rotatable bonds is 5. The molecule has 4 aliphatic rings. The van der Waals surface area contributed by atoms with E-state index in [1.165, 1.54) is 22.4 Å². The number of aryl methyl sites for hydroxylation is 1. The topological polar surface area (TPSA) is 83.1 Å². The monoisotopic (exact) mass is 529 g/mol. The maximum absolute atomic E-state index is 14.0. The van der Waals surface area contributed by atoms with Gasteiger partial charge < -0.3 is 15.0 Å². The zero-order valence-corrected chi connectivity index (χ0v) is 22.5.